The van der Waals surface area contributed by atoms with E-state index in [-0.39, 0.29) is 6.61 Å². The molecule has 122 valence electrons. The minimum absolute atomic E-state index is 0.0447. The second-order valence-electron chi connectivity index (χ2n) is 5.52. The molecule has 0 aromatic heterocycles. The summed E-state index contributed by atoms with van der Waals surface area (Å²) in [5.74, 6) is 0. The van der Waals surface area contributed by atoms with Gasteiger partial charge in [-0.25, -0.2) is 0 Å². The largest absolute Gasteiger partial charge is 0.416 e. The second-order valence-corrected chi connectivity index (χ2v) is 5.52. The molecule has 1 aliphatic rings. The Morgan fingerprint density at radius 2 is 1.70 bits per heavy atom. The van der Waals surface area contributed by atoms with E-state index < -0.39 is 11.7 Å². The summed E-state index contributed by atoms with van der Waals surface area (Å²) < 4.78 is 38.1. The number of β-amino-alcohol motifs (C(OH)–C–C–N with tert-alkyl or cyclic N) is 1. The van der Waals surface area contributed by atoms with Crippen LogP contribution in [-0.2, 0) is 12.7 Å². The maximum Gasteiger partial charge on any atom is 0.416 e. The molecule has 6 heteroatoms. The van der Waals surface area contributed by atoms with Gasteiger partial charge in [-0.2, -0.15) is 13.2 Å². The first-order chi connectivity index (χ1) is 11.0. The van der Waals surface area contributed by atoms with Crippen molar-refractivity contribution in [2.45, 2.75) is 12.7 Å². The quantitative estimate of drug-likeness (QED) is 0.935. The summed E-state index contributed by atoms with van der Waals surface area (Å²) in [6.07, 6.45) is -4.33. The van der Waals surface area contributed by atoms with Crippen LogP contribution in [0, 0.1) is 0 Å². The van der Waals surface area contributed by atoms with E-state index >= 15 is 0 Å². The molecule has 0 saturated heterocycles. The molecular formula is C17H17F3N2O. The van der Waals surface area contributed by atoms with Crippen molar-refractivity contribution in [1.29, 1.82) is 0 Å². The number of aliphatic hydroxyl groups excluding tert-OH is 1. The van der Waals surface area contributed by atoms with Crippen molar-refractivity contribution in [3.05, 3.63) is 59.7 Å². The summed E-state index contributed by atoms with van der Waals surface area (Å²) in [7, 11) is 0. The number of benzene rings is 2. The molecule has 23 heavy (non-hydrogen) atoms. The van der Waals surface area contributed by atoms with Crippen molar-refractivity contribution in [2.24, 2.45) is 0 Å². The van der Waals surface area contributed by atoms with Gasteiger partial charge in [0, 0.05) is 24.5 Å². The Hall–Kier alpha value is -2.05. The van der Waals surface area contributed by atoms with Gasteiger partial charge in [-0.1, -0.05) is 18.2 Å². The Labute approximate surface area is 132 Å². The molecule has 0 aliphatic carbocycles. The Morgan fingerprint density at radius 3 is 2.35 bits per heavy atom. The molecule has 0 radical (unpaired) electrons. The SMILES string of the molecule is OCCN1Cc2ccccc2N(c2ccc(C(F)(F)F)cc2)C1. The highest BCUT2D eigenvalue weighted by Crippen LogP contribution is 2.35. The molecule has 3 rings (SSSR count). The molecule has 1 heterocycles. The molecule has 0 atom stereocenters. The highest BCUT2D eigenvalue weighted by molar-refractivity contribution is 5.67. The number of fused-ring (bicyclic) bond motifs is 1. The van der Waals surface area contributed by atoms with Crippen LogP contribution in [0.15, 0.2) is 48.5 Å². The smallest absolute Gasteiger partial charge is 0.395 e. The third-order valence-corrected chi connectivity index (χ3v) is 3.94. The average molecular weight is 322 g/mol. The molecule has 0 saturated carbocycles. The van der Waals surface area contributed by atoms with Gasteiger partial charge in [0.1, 0.15) is 0 Å². The molecule has 0 spiro atoms. The first kappa shape index (κ1) is 15.8. The fourth-order valence-electron chi connectivity index (χ4n) is 2.82. The second kappa shape index (κ2) is 6.22. The van der Waals surface area contributed by atoms with Crippen LogP contribution in [0.1, 0.15) is 11.1 Å². The van der Waals surface area contributed by atoms with E-state index in [9.17, 15) is 13.2 Å². The van der Waals surface area contributed by atoms with Crippen LogP contribution in [0.2, 0.25) is 0 Å². The topological polar surface area (TPSA) is 26.7 Å². The van der Waals surface area contributed by atoms with E-state index in [2.05, 4.69) is 4.90 Å². The Balaban J connectivity index is 1.94. The van der Waals surface area contributed by atoms with Crippen LogP contribution in [-0.4, -0.2) is 29.8 Å². The minimum atomic E-state index is -4.33. The van der Waals surface area contributed by atoms with Crippen LogP contribution in [0.5, 0.6) is 0 Å². The minimum Gasteiger partial charge on any atom is -0.395 e. The van der Waals surface area contributed by atoms with E-state index in [1.165, 1.54) is 12.1 Å². The Morgan fingerprint density at radius 1 is 1.00 bits per heavy atom. The van der Waals surface area contributed by atoms with Crippen LogP contribution in [0.3, 0.4) is 0 Å². The molecular weight excluding hydrogens is 305 g/mol. The predicted molar refractivity (Wildman–Crippen MR) is 82.4 cm³/mol. The molecule has 1 aliphatic heterocycles. The van der Waals surface area contributed by atoms with Crippen molar-refractivity contribution >= 4 is 11.4 Å². The van der Waals surface area contributed by atoms with E-state index in [4.69, 9.17) is 5.11 Å². The number of nitrogens with zero attached hydrogens (tertiary/aromatic N) is 2. The van der Waals surface area contributed by atoms with Crippen molar-refractivity contribution in [3.8, 4) is 0 Å². The van der Waals surface area contributed by atoms with Crippen molar-refractivity contribution < 1.29 is 18.3 Å². The lowest BCUT2D eigenvalue weighted by Gasteiger charge is -2.38. The van der Waals surface area contributed by atoms with Crippen molar-refractivity contribution in [2.75, 3.05) is 24.7 Å². The molecule has 3 nitrogen and oxygen atoms in total. The Kier molecular flexibility index (Phi) is 4.28. The molecule has 2 aromatic rings. The average Bonchev–Trinajstić information content (AvgIpc) is 2.54. The summed E-state index contributed by atoms with van der Waals surface area (Å²) in [4.78, 5) is 4.02. The standard InChI is InChI=1S/C17H17F3N2O/c18-17(19,20)14-5-7-15(8-6-14)22-12-21(9-10-23)11-13-3-1-2-4-16(13)22/h1-8,23H,9-12H2. The van der Waals surface area contributed by atoms with Gasteiger partial charge in [-0.15, -0.1) is 0 Å². The van der Waals surface area contributed by atoms with E-state index in [1.807, 2.05) is 29.2 Å². The van der Waals surface area contributed by atoms with Gasteiger partial charge in [0.05, 0.1) is 18.8 Å². The number of aliphatic hydroxyl groups is 1. The van der Waals surface area contributed by atoms with E-state index in [0.717, 1.165) is 23.4 Å². The van der Waals surface area contributed by atoms with Gasteiger partial charge in [0.25, 0.3) is 0 Å². The van der Waals surface area contributed by atoms with Gasteiger partial charge in [-0.05, 0) is 35.9 Å². The monoisotopic (exact) mass is 322 g/mol. The van der Waals surface area contributed by atoms with Crippen LogP contribution < -0.4 is 4.90 Å². The third-order valence-electron chi connectivity index (χ3n) is 3.94. The van der Waals surface area contributed by atoms with Gasteiger partial charge in [-0.3, -0.25) is 4.90 Å². The van der Waals surface area contributed by atoms with Crippen LogP contribution in [0.4, 0.5) is 24.5 Å². The lowest BCUT2D eigenvalue weighted by atomic mass is 10.1. The van der Waals surface area contributed by atoms with Gasteiger partial charge >= 0.3 is 6.18 Å². The zero-order valence-corrected chi connectivity index (χ0v) is 12.4. The van der Waals surface area contributed by atoms with Crippen molar-refractivity contribution in [3.63, 3.8) is 0 Å². The van der Waals surface area contributed by atoms with Crippen molar-refractivity contribution in [1.82, 2.24) is 4.90 Å². The summed E-state index contributed by atoms with van der Waals surface area (Å²) in [6, 6.07) is 13.0. The highest BCUT2D eigenvalue weighted by Gasteiger charge is 2.30. The zero-order valence-electron chi connectivity index (χ0n) is 12.4. The van der Waals surface area contributed by atoms with Gasteiger partial charge in [0.2, 0.25) is 0 Å². The lowest BCUT2D eigenvalue weighted by Crippen LogP contribution is -2.41. The predicted octanol–water partition coefficient (Wildman–Crippen LogP) is 3.61. The maximum atomic E-state index is 12.7. The number of alkyl halides is 3. The molecule has 0 fully saturated rings. The van der Waals surface area contributed by atoms with E-state index in [0.29, 0.717) is 25.4 Å². The first-order valence-corrected chi connectivity index (χ1v) is 7.35. The highest BCUT2D eigenvalue weighted by atomic mass is 19.4. The summed E-state index contributed by atoms with van der Waals surface area (Å²) >= 11 is 0. The molecule has 0 unspecified atom stereocenters. The number of hydrogen-bond acceptors (Lipinski definition) is 3. The number of hydrogen-bond donors (Lipinski definition) is 1. The normalized spacial score (nSPS) is 15.6. The molecule has 2 aromatic carbocycles. The van der Waals surface area contributed by atoms with Crippen LogP contribution >= 0.6 is 0 Å². The Bertz CT molecular complexity index is 670. The number of anilines is 2. The van der Waals surface area contributed by atoms with Crippen LogP contribution in [0.25, 0.3) is 0 Å². The summed E-state index contributed by atoms with van der Waals surface area (Å²) in [6.45, 7) is 1.81. The fourth-order valence-corrected chi connectivity index (χ4v) is 2.82. The molecule has 1 N–H and O–H groups in total. The lowest BCUT2D eigenvalue weighted by molar-refractivity contribution is -0.137. The fraction of sp³-hybridized carbons (Fsp3) is 0.294. The first-order valence-electron chi connectivity index (χ1n) is 7.35. The maximum absolute atomic E-state index is 12.7. The number of rotatable bonds is 3. The third kappa shape index (κ3) is 3.33. The van der Waals surface area contributed by atoms with Gasteiger partial charge in [0.15, 0.2) is 0 Å². The zero-order chi connectivity index (χ0) is 16.4. The molecule has 0 amide bonds. The summed E-state index contributed by atoms with van der Waals surface area (Å²) in [5.41, 5.74) is 2.13. The van der Waals surface area contributed by atoms with E-state index in [1.54, 1.807) is 0 Å². The van der Waals surface area contributed by atoms with Gasteiger partial charge < -0.3 is 10.0 Å². The summed E-state index contributed by atoms with van der Waals surface area (Å²) in [5, 5.41) is 9.16. The number of para-hydroxylation sites is 1. The molecule has 0 bridgehead atoms. The number of halogens is 3.